The van der Waals surface area contributed by atoms with Crippen LogP contribution in [0.15, 0.2) is 47.4 Å². The number of hydrogen-bond donors (Lipinski definition) is 0. The van der Waals surface area contributed by atoms with E-state index in [-0.39, 0.29) is 23.0 Å². The Labute approximate surface area is 185 Å². The number of sulfonamides is 1. The normalized spacial score (nSPS) is 19.6. The van der Waals surface area contributed by atoms with Crippen molar-refractivity contribution in [1.29, 1.82) is 0 Å². The molecule has 8 nitrogen and oxygen atoms in total. The quantitative estimate of drug-likeness (QED) is 0.509. The van der Waals surface area contributed by atoms with E-state index in [2.05, 4.69) is 0 Å². The largest absolute Gasteiger partial charge is 0.312 e. The van der Waals surface area contributed by atoms with Gasteiger partial charge in [0, 0.05) is 42.5 Å². The summed E-state index contributed by atoms with van der Waals surface area (Å²) in [5.74, 6) is -0.518. The molecule has 4 rings (SSSR count). The van der Waals surface area contributed by atoms with Gasteiger partial charge in [-0.3, -0.25) is 14.9 Å². The van der Waals surface area contributed by atoms with Crippen molar-refractivity contribution in [2.45, 2.75) is 30.6 Å². The van der Waals surface area contributed by atoms with E-state index in [1.54, 1.807) is 11.0 Å². The van der Waals surface area contributed by atoms with E-state index in [1.807, 2.05) is 12.1 Å². The Morgan fingerprint density at radius 1 is 1.10 bits per heavy atom. The van der Waals surface area contributed by atoms with Gasteiger partial charge in [0.25, 0.3) is 5.69 Å². The van der Waals surface area contributed by atoms with Gasteiger partial charge in [-0.15, -0.1) is 0 Å². The van der Waals surface area contributed by atoms with E-state index in [0.717, 1.165) is 24.1 Å². The summed E-state index contributed by atoms with van der Waals surface area (Å²) in [6, 6.07) is 10.3. The molecule has 2 heterocycles. The fourth-order valence-electron chi connectivity index (χ4n) is 4.27. The van der Waals surface area contributed by atoms with E-state index in [9.17, 15) is 23.3 Å². The summed E-state index contributed by atoms with van der Waals surface area (Å²) in [5, 5.41) is 11.5. The minimum absolute atomic E-state index is 0.0100. The molecule has 0 bridgehead atoms. The molecule has 2 aromatic rings. The Bertz CT molecular complexity index is 1120. The molecule has 0 aliphatic carbocycles. The Morgan fingerprint density at radius 3 is 2.55 bits per heavy atom. The third-order valence-corrected chi connectivity index (χ3v) is 7.96. The number of nitro benzene ring substituents is 1. The molecule has 164 valence electrons. The van der Waals surface area contributed by atoms with E-state index in [4.69, 9.17) is 11.6 Å². The molecule has 10 heteroatoms. The Kier molecular flexibility index (Phi) is 6.00. The molecule has 0 spiro atoms. The Balaban J connectivity index is 1.53. The van der Waals surface area contributed by atoms with E-state index < -0.39 is 20.9 Å². The number of aryl methyl sites for hydroxylation is 1. The zero-order chi connectivity index (χ0) is 22.2. The third kappa shape index (κ3) is 4.30. The molecule has 0 radical (unpaired) electrons. The number of benzene rings is 2. The van der Waals surface area contributed by atoms with Crippen molar-refractivity contribution in [3.05, 3.63) is 63.2 Å². The number of nitrogens with zero attached hydrogens (tertiary/aromatic N) is 3. The van der Waals surface area contributed by atoms with Gasteiger partial charge in [0.15, 0.2) is 0 Å². The van der Waals surface area contributed by atoms with Crippen molar-refractivity contribution in [1.82, 2.24) is 4.31 Å². The maximum absolute atomic E-state index is 13.3. The fourth-order valence-corrected chi connectivity index (χ4v) is 5.98. The zero-order valence-electron chi connectivity index (χ0n) is 16.7. The molecule has 0 aromatic heterocycles. The van der Waals surface area contributed by atoms with Crippen molar-refractivity contribution in [2.75, 3.05) is 24.5 Å². The number of carbonyl (C=O) groups is 1. The van der Waals surface area contributed by atoms with Crippen LogP contribution in [0.5, 0.6) is 0 Å². The van der Waals surface area contributed by atoms with E-state index >= 15 is 0 Å². The topological polar surface area (TPSA) is 101 Å². The van der Waals surface area contributed by atoms with Gasteiger partial charge in [0.05, 0.1) is 15.7 Å². The van der Waals surface area contributed by atoms with Crippen LogP contribution in [-0.4, -0.2) is 43.2 Å². The smallest absolute Gasteiger partial charge is 0.269 e. The number of piperidine rings is 1. The van der Waals surface area contributed by atoms with Crippen LogP contribution < -0.4 is 4.90 Å². The molecule has 0 N–H and O–H groups in total. The number of anilines is 1. The second kappa shape index (κ2) is 8.57. The predicted molar refractivity (Wildman–Crippen MR) is 117 cm³/mol. The predicted octanol–water partition coefficient (Wildman–Crippen LogP) is 3.63. The van der Waals surface area contributed by atoms with Crippen LogP contribution in [0.25, 0.3) is 0 Å². The number of rotatable bonds is 4. The molecule has 1 amide bonds. The fraction of sp³-hybridized carbons (Fsp3) is 0.381. The molecule has 31 heavy (non-hydrogen) atoms. The highest BCUT2D eigenvalue weighted by molar-refractivity contribution is 7.89. The van der Waals surface area contributed by atoms with Crippen LogP contribution >= 0.6 is 11.6 Å². The summed E-state index contributed by atoms with van der Waals surface area (Å²) in [5.41, 5.74) is 1.70. The lowest BCUT2D eigenvalue weighted by molar-refractivity contribution is -0.384. The van der Waals surface area contributed by atoms with Crippen molar-refractivity contribution in [2.24, 2.45) is 5.92 Å². The number of halogens is 1. The first-order valence-corrected chi connectivity index (χ1v) is 11.9. The van der Waals surface area contributed by atoms with Gasteiger partial charge in [0.1, 0.15) is 0 Å². The second-order valence-electron chi connectivity index (χ2n) is 7.82. The molecule has 2 aliphatic heterocycles. The van der Waals surface area contributed by atoms with Crippen LogP contribution in [0.2, 0.25) is 5.02 Å². The number of fused-ring (bicyclic) bond motifs is 1. The highest BCUT2D eigenvalue weighted by Crippen LogP contribution is 2.33. The highest BCUT2D eigenvalue weighted by atomic mass is 35.5. The lowest BCUT2D eigenvalue weighted by Crippen LogP contribution is -2.48. The molecular weight excluding hydrogens is 442 g/mol. The summed E-state index contributed by atoms with van der Waals surface area (Å²) in [7, 11) is -3.85. The molecule has 2 aliphatic rings. The summed E-state index contributed by atoms with van der Waals surface area (Å²) < 4.78 is 27.4. The lowest BCUT2D eigenvalue weighted by Gasteiger charge is -2.36. The van der Waals surface area contributed by atoms with E-state index in [0.29, 0.717) is 31.0 Å². The summed E-state index contributed by atoms with van der Waals surface area (Å²) in [6.45, 7) is 1.01. The highest BCUT2D eigenvalue weighted by Gasteiger charge is 2.36. The summed E-state index contributed by atoms with van der Waals surface area (Å²) in [4.78, 5) is 25.3. The molecule has 1 unspecified atom stereocenters. The zero-order valence-corrected chi connectivity index (χ0v) is 18.3. The third-order valence-electron chi connectivity index (χ3n) is 5.84. The molecule has 1 saturated heterocycles. The second-order valence-corrected chi connectivity index (χ2v) is 10.2. The number of nitro groups is 1. The molecule has 2 aromatic carbocycles. The van der Waals surface area contributed by atoms with Gasteiger partial charge in [-0.2, -0.15) is 4.31 Å². The van der Waals surface area contributed by atoms with Crippen molar-refractivity contribution < 1.29 is 18.1 Å². The Hall–Kier alpha value is -2.49. The SMILES string of the molecule is O=C(C1CCCN(S(=O)(=O)c2ccc([N+](=O)[O-])cc2)C1)N1CCCc2cc(Cl)ccc21. The number of amides is 1. The minimum Gasteiger partial charge on any atom is -0.312 e. The maximum Gasteiger partial charge on any atom is 0.269 e. The minimum atomic E-state index is -3.85. The van der Waals surface area contributed by atoms with Crippen molar-refractivity contribution >= 4 is 38.9 Å². The van der Waals surface area contributed by atoms with Gasteiger partial charge < -0.3 is 4.90 Å². The van der Waals surface area contributed by atoms with Gasteiger partial charge in [0.2, 0.25) is 15.9 Å². The van der Waals surface area contributed by atoms with Gasteiger partial charge in [-0.1, -0.05) is 11.6 Å². The molecule has 0 saturated carbocycles. The molecule has 1 atom stereocenters. The average molecular weight is 464 g/mol. The first kappa shape index (κ1) is 21.7. The van der Waals surface area contributed by atoms with Crippen LogP contribution in [0.4, 0.5) is 11.4 Å². The van der Waals surface area contributed by atoms with Gasteiger partial charge in [-0.05, 0) is 61.6 Å². The Morgan fingerprint density at radius 2 is 1.84 bits per heavy atom. The average Bonchev–Trinajstić information content (AvgIpc) is 2.78. The van der Waals surface area contributed by atoms with Gasteiger partial charge >= 0.3 is 0 Å². The number of carbonyl (C=O) groups excluding carboxylic acids is 1. The molecular formula is C21H22ClN3O5S. The maximum atomic E-state index is 13.3. The number of hydrogen-bond acceptors (Lipinski definition) is 5. The van der Waals surface area contributed by atoms with Crippen LogP contribution in [0.3, 0.4) is 0 Å². The van der Waals surface area contributed by atoms with Gasteiger partial charge in [-0.25, -0.2) is 8.42 Å². The van der Waals surface area contributed by atoms with Crippen LogP contribution in [0.1, 0.15) is 24.8 Å². The van der Waals surface area contributed by atoms with Crippen LogP contribution in [0, 0.1) is 16.0 Å². The monoisotopic (exact) mass is 463 g/mol. The molecule has 1 fully saturated rings. The van der Waals surface area contributed by atoms with Crippen LogP contribution in [-0.2, 0) is 21.2 Å². The summed E-state index contributed by atoms with van der Waals surface area (Å²) >= 11 is 6.09. The lowest BCUT2D eigenvalue weighted by atomic mass is 9.95. The van der Waals surface area contributed by atoms with E-state index in [1.165, 1.54) is 28.6 Å². The standard InChI is InChI=1S/C21H22ClN3O5S/c22-17-5-10-20-15(13-17)3-2-12-24(20)21(26)16-4-1-11-23(14-16)31(29,30)19-8-6-18(7-9-19)25(27)28/h5-10,13,16H,1-4,11-12,14H2. The summed E-state index contributed by atoms with van der Waals surface area (Å²) in [6.07, 6.45) is 2.87. The first-order chi connectivity index (χ1) is 14.8. The number of non-ortho nitro benzene ring substituents is 1. The first-order valence-electron chi connectivity index (χ1n) is 10.1. The van der Waals surface area contributed by atoms with Crippen molar-refractivity contribution in [3.8, 4) is 0 Å². The van der Waals surface area contributed by atoms with Crippen molar-refractivity contribution in [3.63, 3.8) is 0 Å².